The van der Waals surface area contributed by atoms with E-state index >= 15 is 0 Å². The summed E-state index contributed by atoms with van der Waals surface area (Å²) in [6, 6.07) is 3.58. The van der Waals surface area contributed by atoms with Crippen LogP contribution < -0.4 is 0 Å². The summed E-state index contributed by atoms with van der Waals surface area (Å²) in [5.41, 5.74) is 0.660. The second kappa shape index (κ2) is 5.24. The summed E-state index contributed by atoms with van der Waals surface area (Å²) in [7, 11) is 0. The van der Waals surface area contributed by atoms with Crippen molar-refractivity contribution in [2.24, 2.45) is 0 Å². The smallest absolute Gasteiger partial charge is 0.146 e. The third-order valence-electron chi connectivity index (χ3n) is 3.15. The zero-order valence-electron chi connectivity index (χ0n) is 8.65. The van der Waals surface area contributed by atoms with E-state index in [9.17, 15) is 4.39 Å². The summed E-state index contributed by atoms with van der Waals surface area (Å²) in [5, 5.41) is 0.187. The Hall–Kier alpha value is 0.210. The van der Waals surface area contributed by atoms with Crippen molar-refractivity contribution in [3.8, 4) is 0 Å². The molecule has 1 saturated carbocycles. The summed E-state index contributed by atoms with van der Waals surface area (Å²) in [6.45, 7) is 0. The van der Waals surface area contributed by atoms with Gasteiger partial charge < -0.3 is 0 Å². The molecular weight excluding hydrogens is 314 g/mol. The Morgan fingerprint density at radius 3 is 2.62 bits per heavy atom. The highest BCUT2D eigenvalue weighted by Gasteiger charge is 2.28. The van der Waals surface area contributed by atoms with Gasteiger partial charge in [0.05, 0.1) is 5.02 Å². The van der Waals surface area contributed by atoms with Crippen LogP contribution in [-0.4, -0.2) is 5.38 Å². The summed E-state index contributed by atoms with van der Waals surface area (Å²) < 4.78 is 14.6. The molecule has 16 heavy (non-hydrogen) atoms. The van der Waals surface area contributed by atoms with Crippen LogP contribution in [0.5, 0.6) is 0 Å². The highest BCUT2D eigenvalue weighted by Crippen LogP contribution is 2.40. The fourth-order valence-corrected chi connectivity index (χ4v) is 3.16. The molecule has 0 bridgehead atoms. The lowest BCUT2D eigenvalue weighted by atomic mass is 9.83. The fourth-order valence-electron chi connectivity index (χ4n) is 2.26. The Bertz CT molecular complexity index is 395. The Labute approximate surface area is 113 Å². The van der Waals surface area contributed by atoms with Crippen LogP contribution in [0.15, 0.2) is 16.6 Å². The van der Waals surface area contributed by atoms with Gasteiger partial charge in [0.25, 0.3) is 0 Å². The van der Waals surface area contributed by atoms with Gasteiger partial charge in [-0.2, -0.15) is 0 Å². The summed E-state index contributed by atoms with van der Waals surface area (Å²) in [4.78, 5) is 0. The second-order valence-corrected chi connectivity index (χ2v) is 5.96. The zero-order chi connectivity index (χ0) is 11.7. The quantitative estimate of drug-likeness (QED) is 0.472. The first kappa shape index (κ1) is 12.7. The first-order chi connectivity index (χ1) is 7.61. The molecule has 1 aromatic rings. The predicted molar refractivity (Wildman–Crippen MR) is 70.0 cm³/mol. The van der Waals surface area contributed by atoms with Gasteiger partial charge in [-0.25, -0.2) is 4.39 Å². The van der Waals surface area contributed by atoms with Crippen LogP contribution in [-0.2, 0) is 0 Å². The van der Waals surface area contributed by atoms with E-state index in [0.717, 1.165) is 25.7 Å². The van der Waals surface area contributed by atoms with Gasteiger partial charge in [0.15, 0.2) is 0 Å². The molecule has 2 rings (SSSR count). The molecule has 0 aromatic heterocycles. The number of rotatable bonds is 1. The van der Waals surface area contributed by atoms with Crippen LogP contribution in [0.3, 0.4) is 0 Å². The Morgan fingerprint density at radius 1 is 1.25 bits per heavy atom. The van der Waals surface area contributed by atoms with Crippen LogP contribution >= 0.6 is 39.1 Å². The molecule has 2 unspecified atom stereocenters. The Morgan fingerprint density at radius 2 is 1.94 bits per heavy atom. The first-order valence-electron chi connectivity index (χ1n) is 5.38. The lowest BCUT2D eigenvalue weighted by Gasteiger charge is -2.28. The maximum absolute atomic E-state index is 14.0. The number of halogens is 4. The van der Waals surface area contributed by atoms with Crippen LogP contribution in [0.1, 0.15) is 37.2 Å². The van der Waals surface area contributed by atoms with Crippen molar-refractivity contribution in [1.29, 1.82) is 0 Å². The van der Waals surface area contributed by atoms with Crippen molar-refractivity contribution >= 4 is 39.1 Å². The van der Waals surface area contributed by atoms with Crippen molar-refractivity contribution in [3.63, 3.8) is 0 Å². The average Bonchev–Trinajstić information content (AvgIpc) is 2.28. The molecule has 0 saturated heterocycles. The lowest BCUT2D eigenvalue weighted by molar-refractivity contribution is 0.436. The molecule has 0 spiro atoms. The first-order valence-corrected chi connectivity index (χ1v) is 6.99. The molecule has 1 aromatic carbocycles. The minimum absolute atomic E-state index is 0.0282. The molecule has 4 heteroatoms. The molecule has 0 aliphatic heterocycles. The fraction of sp³-hybridized carbons (Fsp3) is 0.500. The van der Waals surface area contributed by atoms with Crippen molar-refractivity contribution in [2.45, 2.75) is 37.0 Å². The monoisotopic (exact) mass is 324 g/mol. The van der Waals surface area contributed by atoms with Crippen molar-refractivity contribution in [3.05, 3.63) is 33.0 Å². The van der Waals surface area contributed by atoms with E-state index in [2.05, 4.69) is 15.9 Å². The maximum atomic E-state index is 14.0. The van der Waals surface area contributed by atoms with Gasteiger partial charge in [-0.3, -0.25) is 0 Å². The number of hydrogen-bond donors (Lipinski definition) is 0. The standard InChI is InChI=1S/C12H12BrCl2F/c13-9-6-5-8(12(16)11(9)15)7-3-1-2-4-10(7)14/h5-7,10H,1-4H2. The third-order valence-corrected chi connectivity index (χ3v) is 4.93. The van der Waals surface area contributed by atoms with E-state index < -0.39 is 0 Å². The van der Waals surface area contributed by atoms with Crippen molar-refractivity contribution in [2.75, 3.05) is 0 Å². The van der Waals surface area contributed by atoms with E-state index in [1.165, 1.54) is 0 Å². The molecule has 1 aliphatic rings. The van der Waals surface area contributed by atoms with Crippen LogP contribution in [0.2, 0.25) is 5.02 Å². The van der Waals surface area contributed by atoms with E-state index in [1.54, 1.807) is 12.1 Å². The molecule has 0 nitrogen and oxygen atoms in total. The summed E-state index contributed by atoms with van der Waals surface area (Å²) in [5.74, 6) is -0.227. The van der Waals surface area contributed by atoms with Crippen LogP contribution in [0, 0.1) is 5.82 Å². The van der Waals surface area contributed by atoms with Gasteiger partial charge in [0, 0.05) is 15.8 Å². The lowest BCUT2D eigenvalue weighted by Crippen LogP contribution is -2.19. The zero-order valence-corrected chi connectivity index (χ0v) is 11.7. The molecule has 1 fully saturated rings. The van der Waals surface area contributed by atoms with E-state index in [1.807, 2.05) is 0 Å². The van der Waals surface area contributed by atoms with Gasteiger partial charge in [-0.05, 0) is 40.4 Å². The van der Waals surface area contributed by atoms with Crippen LogP contribution in [0.4, 0.5) is 4.39 Å². The SMILES string of the molecule is Fc1c(C2CCCCC2Cl)ccc(Br)c1Cl. The minimum Gasteiger partial charge on any atom is -0.205 e. The largest absolute Gasteiger partial charge is 0.205 e. The summed E-state index contributed by atoms with van der Waals surface area (Å²) in [6.07, 6.45) is 4.15. The van der Waals surface area contributed by atoms with E-state index in [-0.39, 0.29) is 22.1 Å². The Kier molecular flexibility index (Phi) is 4.15. The third kappa shape index (κ3) is 2.39. The predicted octanol–water partition coefficient (Wildman–Crippen LogP) is 5.51. The van der Waals surface area contributed by atoms with Gasteiger partial charge in [0.2, 0.25) is 0 Å². The Balaban J connectivity index is 2.36. The van der Waals surface area contributed by atoms with Gasteiger partial charge >= 0.3 is 0 Å². The number of alkyl halides is 1. The molecule has 0 N–H and O–H groups in total. The minimum atomic E-state index is -0.325. The van der Waals surface area contributed by atoms with Crippen molar-refractivity contribution in [1.82, 2.24) is 0 Å². The van der Waals surface area contributed by atoms with Gasteiger partial charge in [-0.1, -0.05) is 30.5 Å². The van der Waals surface area contributed by atoms with E-state index in [0.29, 0.717) is 10.0 Å². The normalized spacial score (nSPS) is 25.8. The maximum Gasteiger partial charge on any atom is 0.146 e. The van der Waals surface area contributed by atoms with Crippen molar-refractivity contribution < 1.29 is 4.39 Å². The highest BCUT2D eigenvalue weighted by atomic mass is 79.9. The molecule has 2 atom stereocenters. The molecule has 1 aliphatic carbocycles. The second-order valence-electron chi connectivity index (χ2n) is 4.17. The molecule has 0 radical (unpaired) electrons. The topological polar surface area (TPSA) is 0 Å². The van der Waals surface area contributed by atoms with Crippen LogP contribution in [0.25, 0.3) is 0 Å². The average molecular weight is 326 g/mol. The molecule has 88 valence electrons. The van der Waals surface area contributed by atoms with Gasteiger partial charge in [-0.15, -0.1) is 11.6 Å². The number of benzene rings is 1. The van der Waals surface area contributed by atoms with Gasteiger partial charge in [0.1, 0.15) is 5.82 Å². The molecular formula is C12H12BrCl2F. The highest BCUT2D eigenvalue weighted by molar-refractivity contribution is 9.10. The number of hydrogen-bond acceptors (Lipinski definition) is 0. The van der Waals surface area contributed by atoms with E-state index in [4.69, 9.17) is 23.2 Å². The molecule has 0 heterocycles. The summed E-state index contributed by atoms with van der Waals surface area (Å²) >= 11 is 15.4. The molecule has 0 amide bonds.